The van der Waals surface area contributed by atoms with Gasteiger partial charge >= 0.3 is 6.03 Å². The van der Waals surface area contributed by atoms with Crippen molar-refractivity contribution < 1.29 is 14.4 Å². The highest BCUT2D eigenvalue weighted by molar-refractivity contribution is 6.19. The van der Waals surface area contributed by atoms with Crippen molar-refractivity contribution in [2.45, 2.75) is 50.6 Å². The Kier molecular flexibility index (Phi) is 3.28. The Morgan fingerprint density at radius 1 is 1.33 bits per heavy atom. The summed E-state index contributed by atoms with van der Waals surface area (Å²) in [5.41, 5.74) is -1.41. The summed E-state index contributed by atoms with van der Waals surface area (Å²) in [6, 6.07) is -0.467. The minimum Gasteiger partial charge on any atom is -0.357 e. The number of nitrogens with zero attached hydrogens (tertiary/aromatic N) is 1. The van der Waals surface area contributed by atoms with Gasteiger partial charge in [-0.3, -0.25) is 19.8 Å². The summed E-state index contributed by atoms with van der Waals surface area (Å²) in [6.07, 6.45) is 4.93. The SMILES string of the molecule is CNC(=O)C1(C)C(=O)NC(=O)N1C1CCCCC1. The van der Waals surface area contributed by atoms with E-state index in [1.807, 2.05) is 0 Å². The van der Waals surface area contributed by atoms with Crippen molar-refractivity contribution in [3.05, 3.63) is 0 Å². The third kappa shape index (κ3) is 1.76. The Balaban J connectivity index is 2.32. The molecule has 0 aromatic carbocycles. The Morgan fingerprint density at radius 2 is 1.94 bits per heavy atom. The molecule has 1 atom stereocenters. The Bertz CT molecular complexity index is 390. The van der Waals surface area contributed by atoms with E-state index in [1.165, 1.54) is 18.9 Å². The largest absolute Gasteiger partial charge is 0.357 e. The fourth-order valence-electron chi connectivity index (χ4n) is 2.92. The van der Waals surface area contributed by atoms with Crippen LogP contribution in [0.1, 0.15) is 39.0 Å². The van der Waals surface area contributed by atoms with Crippen LogP contribution in [0.3, 0.4) is 0 Å². The molecule has 1 saturated heterocycles. The average Bonchev–Trinajstić information content (AvgIpc) is 2.61. The highest BCUT2D eigenvalue weighted by Crippen LogP contribution is 2.31. The van der Waals surface area contributed by atoms with E-state index < -0.39 is 23.4 Å². The maximum atomic E-state index is 12.0. The molecule has 6 heteroatoms. The van der Waals surface area contributed by atoms with E-state index in [-0.39, 0.29) is 6.04 Å². The number of hydrogen-bond donors (Lipinski definition) is 2. The van der Waals surface area contributed by atoms with Crippen molar-refractivity contribution in [2.75, 3.05) is 7.05 Å². The molecule has 0 radical (unpaired) electrons. The molecule has 1 saturated carbocycles. The van der Waals surface area contributed by atoms with Crippen molar-refractivity contribution in [1.29, 1.82) is 0 Å². The normalized spacial score (nSPS) is 29.3. The van der Waals surface area contributed by atoms with Crippen LogP contribution in [0.2, 0.25) is 0 Å². The van der Waals surface area contributed by atoms with Gasteiger partial charge in [0, 0.05) is 13.1 Å². The number of carbonyl (C=O) groups is 3. The summed E-state index contributed by atoms with van der Waals surface area (Å²) < 4.78 is 0. The second-order valence-corrected chi connectivity index (χ2v) is 5.07. The molecule has 2 aliphatic rings. The number of likely N-dealkylation sites (N-methyl/N-ethyl adjacent to an activating group) is 1. The molecule has 100 valence electrons. The van der Waals surface area contributed by atoms with Crippen LogP contribution in [-0.4, -0.2) is 41.4 Å². The monoisotopic (exact) mass is 253 g/mol. The molecule has 1 heterocycles. The molecule has 1 unspecified atom stereocenters. The number of nitrogens with one attached hydrogen (secondary N) is 2. The molecular weight excluding hydrogens is 234 g/mol. The fraction of sp³-hybridized carbons (Fsp3) is 0.750. The predicted molar refractivity (Wildman–Crippen MR) is 64.7 cm³/mol. The fourth-order valence-corrected chi connectivity index (χ4v) is 2.92. The first kappa shape index (κ1) is 12.9. The molecule has 0 aromatic heterocycles. The number of amides is 4. The first-order valence-corrected chi connectivity index (χ1v) is 6.38. The summed E-state index contributed by atoms with van der Waals surface area (Å²) in [6.45, 7) is 1.51. The standard InChI is InChI=1S/C12H19N3O3/c1-12(9(16)13-2)10(17)14-11(18)15(12)8-6-4-3-5-7-8/h8H,3-7H2,1-2H3,(H,13,16)(H,14,17,18). The Hall–Kier alpha value is -1.59. The molecule has 2 fully saturated rings. The molecule has 2 rings (SSSR count). The minimum atomic E-state index is -1.41. The minimum absolute atomic E-state index is 0.0208. The van der Waals surface area contributed by atoms with Gasteiger partial charge in [0.1, 0.15) is 0 Å². The van der Waals surface area contributed by atoms with E-state index in [0.29, 0.717) is 0 Å². The van der Waals surface area contributed by atoms with Crippen molar-refractivity contribution >= 4 is 17.8 Å². The molecule has 0 aromatic rings. The Morgan fingerprint density at radius 3 is 2.50 bits per heavy atom. The van der Waals surface area contributed by atoms with E-state index in [2.05, 4.69) is 10.6 Å². The summed E-state index contributed by atoms with van der Waals surface area (Å²) in [7, 11) is 1.47. The van der Waals surface area contributed by atoms with Crippen molar-refractivity contribution in [3.8, 4) is 0 Å². The average molecular weight is 253 g/mol. The molecule has 1 aliphatic carbocycles. The smallest absolute Gasteiger partial charge is 0.325 e. The van der Waals surface area contributed by atoms with Gasteiger partial charge in [-0.15, -0.1) is 0 Å². The zero-order valence-corrected chi connectivity index (χ0v) is 10.8. The van der Waals surface area contributed by atoms with Gasteiger partial charge in [-0.05, 0) is 19.8 Å². The van der Waals surface area contributed by atoms with Gasteiger partial charge < -0.3 is 5.32 Å². The van der Waals surface area contributed by atoms with Gasteiger partial charge in [-0.1, -0.05) is 19.3 Å². The highest BCUT2D eigenvalue weighted by atomic mass is 16.2. The molecular formula is C12H19N3O3. The van der Waals surface area contributed by atoms with Crippen LogP contribution in [0.15, 0.2) is 0 Å². The van der Waals surface area contributed by atoms with Crippen molar-refractivity contribution in [3.63, 3.8) is 0 Å². The lowest BCUT2D eigenvalue weighted by atomic mass is 9.90. The number of rotatable bonds is 2. The zero-order chi connectivity index (χ0) is 13.3. The van der Waals surface area contributed by atoms with E-state index in [0.717, 1.165) is 32.1 Å². The van der Waals surface area contributed by atoms with Gasteiger partial charge in [-0.2, -0.15) is 0 Å². The van der Waals surface area contributed by atoms with Crippen LogP contribution in [-0.2, 0) is 9.59 Å². The van der Waals surface area contributed by atoms with Gasteiger partial charge in [0.15, 0.2) is 5.54 Å². The van der Waals surface area contributed by atoms with Crippen LogP contribution in [0.25, 0.3) is 0 Å². The van der Waals surface area contributed by atoms with Crippen LogP contribution < -0.4 is 10.6 Å². The molecule has 0 bridgehead atoms. The number of imide groups is 1. The second kappa shape index (κ2) is 4.59. The van der Waals surface area contributed by atoms with Crippen LogP contribution in [0, 0.1) is 0 Å². The molecule has 2 N–H and O–H groups in total. The number of carbonyl (C=O) groups excluding carboxylic acids is 3. The summed E-state index contributed by atoms with van der Waals surface area (Å²) >= 11 is 0. The van der Waals surface area contributed by atoms with Gasteiger partial charge in [0.25, 0.3) is 11.8 Å². The highest BCUT2D eigenvalue weighted by Gasteiger charge is 2.56. The quantitative estimate of drug-likeness (QED) is 0.551. The van der Waals surface area contributed by atoms with Crippen LogP contribution in [0.4, 0.5) is 4.79 Å². The van der Waals surface area contributed by atoms with Gasteiger partial charge in [0.05, 0.1) is 0 Å². The van der Waals surface area contributed by atoms with E-state index >= 15 is 0 Å². The first-order chi connectivity index (χ1) is 8.51. The van der Waals surface area contributed by atoms with Crippen LogP contribution in [0.5, 0.6) is 0 Å². The van der Waals surface area contributed by atoms with Gasteiger partial charge in [0.2, 0.25) is 0 Å². The third-order valence-electron chi connectivity index (χ3n) is 3.97. The molecule has 1 aliphatic heterocycles. The van der Waals surface area contributed by atoms with E-state index in [4.69, 9.17) is 0 Å². The summed E-state index contributed by atoms with van der Waals surface area (Å²) in [5, 5.41) is 4.73. The predicted octanol–water partition coefficient (Wildman–Crippen LogP) is 0.376. The number of urea groups is 1. The van der Waals surface area contributed by atoms with Gasteiger partial charge in [-0.25, -0.2) is 4.79 Å². The zero-order valence-electron chi connectivity index (χ0n) is 10.8. The lowest BCUT2D eigenvalue weighted by Gasteiger charge is -2.38. The molecule has 0 spiro atoms. The summed E-state index contributed by atoms with van der Waals surface area (Å²) in [5.74, 6) is -0.964. The lowest BCUT2D eigenvalue weighted by Crippen LogP contribution is -2.60. The van der Waals surface area contributed by atoms with Crippen molar-refractivity contribution in [1.82, 2.24) is 15.5 Å². The third-order valence-corrected chi connectivity index (χ3v) is 3.97. The van der Waals surface area contributed by atoms with E-state index in [9.17, 15) is 14.4 Å². The Labute approximate surface area is 106 Å². The second-order valence-electron chi connectivity index (χ2n) is 5.07. The maximum absolute atomic E-state index is 12.0. The maximum Gasteiger partial charge on any atom is 0.325 e. The summed E-state index contributed by atoms with van der Waals surface area (Å²) in [4.78, 5) is 37.3. The topological polar surface area (TPSA) is 78.5 Å². The molecule has 6 nitrogen and oxygen atoms in total. The molecule has 18 heavy (non-hydrogen) atoms. The number of hydrogen-bond acceptors (Lipinski definition) is 3. The van der Waals surface area contributed by atoms with E-state index in [1.54, 1.807) is 0 Å². The van der Waals surface area contributed by atoms with Crippen molar-refractivity contribution in [2.24, 2.45) is 0 Å². The van der Waals surface area contributed by atoms with Crippen LogP contribution >= 0.6 is 0 Å². The first-order valence-electron chi connectivity index (χ1n) is 6.38. The molecule has 4 amide bonds. The lowest BCUT2D eigenvalue weighted by molar-refractivity contribution is -0.140.